The van der Waals surface area contributed by atoms with E-state index in [0.717, 1.165) is 33.3 Å². The maximum absolute atomic E-state index is 13.5. The first-order chi connectivity index (χ1) is 17.1. The lowest BCUT2D eigenvalue weighted by Crippen LogP contribution is -2.37. The molecule has 0 radical (unpaired) electrons. The summed E-state index contributed by atoms with van der Waals surface area (Å²) >= 11 is 0. The fourth-order valence-corrected chi connectivity index (χ4v) is 4.48. The fraction of sp³-hybridized carbons (Fsp3) is 0.0714. The summed E-state index contributed by atoms with van der Waals surface area (Å²) in [5, 5.41) is 8.70. The number of urea groups is 1. The van der Waals surface area contributed by atoms with Crippen LogP contribution >= 0.6 is 0 Å². The Bertz CT molecular complexity index is 1560. The van der Waals surface area contributed by atoms with Gasteiger partial charge in [0.1, 0.15) is 11.9 Å². The van der Waals surface area contributed by atoms with Gasteiger partial charge in [0.05, 0.1) is 5.52 Å². The molecule has 3 heterocycles. The molecule has 0 saturated heterocycles. The molecule has 1 aliphatic heterocycles. The van der Waals surface area contributed by atoms with E-state index in [-0.39, 0.29) is 12.1 Å². The topological polar surface area (TPSA) is 84.9 Å². The number of carbonyl (C=O) groups is 1. The zero-order chi connectivity index (χ0) is 23.9. The maximum Gasteiger partial charge on any atom is 0.355 e. The van der Waals surface area contributed by atoms with Crippen molar-refractivity contribution in [3.05, 3.63) is 114 Å². The van der Waals surface area contributed by atoms with Crippen molar-refractivity contribution in [2.75, 3.05) is 11.1 Å². The summed E-state index contributed by atoms with van der Waals surface area (Å²) in [7, 11) is 0. The summed E-state index contributed by atoms with van der Waals surface area (Å²) < 4.78 is 1.74. The highest BCUT2D eigenvalue weighted by Crippen LogP contribution is 2.41. The summed E-state index contributed by atoms with van der Waals surface area (Å²) in [5.74, 6) is 1.15. The van der Waals surface area contributed by atoms with E-state index in [1.54, 1.807) is 4.52 Å². The van der Waals surface area contributed by atoms with Crippen molar-refractivity contribution < 1.29 is 9.63 Å². The summed E-state index contributed by atoms with van der Waals surface area (Å²) in [6.07, 6.45) is 1.87. The van der Waals surface area contributed by atoms with Gasteiger partial charge in [-0.25, -0.2) is 9.31 Å². The lowest BCUT2D eigenvalue weighted by atomic mass is 9.99. The highest BCUT2D eigenvalue weighted by atomic mass is 16.7. The normalized spacial score (nSPS) is 14.5. The Labute approximate surface area is 202 Å². The van der Waals surface area contributed by atoms with Crippen LogP contribution in [0.25, 0.3) is 16.6 Å². The smallest absolute Gasteiger partial charge is 0.355 e. The van der Waals surface area contributed by atoms with Crippen LogP contribution in [0.2, 0.25) is 0 Å². The van der Waals surface area contributed by atoms with E-state index in [1.807, 2.05) is 104 Å². The number of aromatic nitrogens is 2. The Balaban J connectivity index is 1.32. The van der Waals surface area contributed by atoms with Gasteiger partial charge in [-0.3, -0.25) is 0 Å². The molecule has 7 nitrogen and oxygen atoms in total. The largest absolute Gasteiger partial charge is 0.382 e. The van der Waals surface area contributed by atoms with Crippen LogP contribution in [0.1, 0.15) is 22.7 Å². The number of nitrogens with one attached hydrogen (secondary N) is 1. The van der Waals surface area contributed by atoms with Crippen LogP contribution in [0, 0.1) is 6.92 Å². The first-order valence-electron chi connectivity index (χ1n) is 11.3. The van der Waals surface area contributed by atoms with Gasteiger partial charge in [-0.1, -0.05) is 60.7 Å². The van der Waals surface area contributed by atoms with Gasteiger partial charge in [0.15, 0.2) is 5.75 Å². The minimum atomic E-state index is -0.342. The number of rotatable bonds is 3. The second kappa shape index (κ2) is 8.22. The molecule has 0 unspecified atom stereocenters. The van der Waals surface area contributed by atoms with Gasteiger partial charge in [-0.15, -0.1) is 5.06 Å². The van der Waals surface area contributed by atoms with Gasteiger partial charge in [0.25, 0.3) is 0 Å². The Kier molecular flexibility index (Phi) is 4.88. The number of para-hydroxylation sites is 1. The molecule has 2 aromatic heterocycles. The second-order valence-electron chi connectivity index (χ2n) is 8.58. The minimum absolute atomic E-state index is 0.339. The molecule has 1 aliphatic rings. The number of amides is 2. The third-order valence-electron chi connectivity index (χ3n) is 6.25. The van der Waals surface area contributed by atoms with Crippen LogP contribution in [-0.2, 0) is 0 Å². The molecular formula is C28H23N5O2. The van der Waals surface area contributed by atoms with Gasteiger partial charge in [0.2, 0.25) is 0 Å². The Hall–Kier alpha value is -4.78. The van der Waals surface area contributed by atoms with E-state index >= 15 is 0 Å². The summed E-state index contributed by atoms with van der Waals surface area (Å²) in [6.45, 7) is 1.97. The highest BCUT2D eigenvalue weighted by Gasteiger charge is 2.37. The molecule has 3 N–H and O–H groups in total. The number of pyridine rings is 1. The molecule has 0 saturated carbocycles. The van der Waals surface area contributed by atoms with E-state index in [2.05, 4.69) is 10.4 Å². The number of anilines is 2. The Morgan fingerprint density at radius 2 is 1.71 bits per heavy atom. The number of hydrogen-bond donors (Lipinski definition) is 2. The second-order valence-corrected chi connectivity index (χ2v) is 8.58. The number of hydroxylamine groups is 2. The number of aryl methyl sites for hydroxylation is 1. The molecule has 0 aliphatic carbocycles. The van der Waals surface area contributed by atoms with E-state index in [4.69, 9.17) is 10.6 Å². The van der Waals surface area contributed by atoms with Crippen LogP contribution in [0.5, 0.6) is 5.75 Å². The van der Waals surface area contributed by atoms with E-state index < -0.39 is 0 Å². The first kappa shape index (κ1) is 20.8. The SMILES string of the molecule is Cc1ccc(-c2ccn3nc(N)cc3c2)cc1NC(=O)N1Oc2ccccc2[C@H]1c1ccccc1. The molecule has 172 valence electrons. The quantitative estimate of drug-likeness (QED) is 0.354. The number of hydrogen-bond acceptors (Lipinski definition) is 4. The summed E-state index contributed by atoms with van der Waals surface area (Å²) in [4.78, 5) is 19.5. The van der Waals surface area contributed by atoms with Crippen molar-refractivity contribution >= 4 is 23.1 Å². The summed E-state index contributed by atoms with van der Waals surface area (Å²) in [5.41, 5.74) is 12.3. The predicted molar refractivity (Wildman–Crippen MR) is 136 cm³/mol. The Morgan fingerprint density at radius 3 is 2.57 bits per heavy atom. The van der Waals surface area contributed by atoms with Crippen molar-refractivity contribution in [1.82, 2.24) is 14.7 Å². The standard InChI is InChI=1S/C28H23N5O2/c1-18-11-12-20(21-13-14-32-22(15-21)17-26(29)31-32)16-24(18)30-28(34)33-27(19-7-3-2-4-8-19)23-9-5-6-10-25(23)35-33/h2-17,27H,1H3,(H2,29,31)(H,30,34)/t27-/m1/s1. The molecule has 7 heteroatoms. The summed E-state index contributed by atoms with van der Waals surface area (Å²) in [6, 6.07) is 28.8. The zero-order valence-electron chi connectivity index (χ0n) is 19.1. The van der Waals surface area contributed by atoms with Gasteiger partial charge in [-0.05, 0) is 53.4 Å². The van der Waals surface area contributed by atoms with Crippen LogP contribution < -0.4 is 15.9 Å². The molecule has 5 aromatic rings. The number of nitrogen functional groups attached to an aromatic ring is 1. The third-order valence-corrected chi connectivity index (χ3v) is 6.25. The van der Waals surface area contributed by atoms with E-state index in [1.165, 1.54) is 5.06 Å². The molecule has 0 fully saturated rings. The van der Waals surface area contributed by atoms with E-state index in [0.29, 0.717) is 17.3 Å². The highest BCUT2D eigenvalue weighted by molar-refractivity contribution is 5.91. The lowest BCUT2D eigenvalue weighted by Gasteiger charge is -2.24. The van der Waals surface area contributed by atoms with Crippen molar-refractivity contribution in [1.29, 1.82) is 0 Å². The van der Waals surface area contributed by atoms with Gasteiger partial charge < -0.3 is 15.9 Å². The molecule has 3 aromatic carbocycles. The van der Waals surface area contributed by atoms with Crippen LogP contribution in [0.3, 0.4) is 0 Å². The molecule has 2 amide bonds. The average molecular weight is 462 g/mol. The lowest BCUT2D eigenvalue weighted by molar-refractivity contribution is -0.00575. The Morgan fingerprint density at radius 1 is 0.943 bits per heavy atom. The molecule has 6 rings (SSSR count). The monoisotopic (exact) mass is 461 g/mol. The predicted octanol–water partition coefficient (Wildman–Crippen LogP) is 5.82. The van der Waals surface area contributed by atoms with Gasteiger partial charge in [0, 0.05) is 23.5 Å². The van der Waals surface area contributed by atoms with Crippen LogP contribution in [-0.4, -0.2) is 20.7 Å². The van der Waals surface area contributed by atoms with E-state index in [9.17, 15) is 4.79 Å². The number of carbonyl (C=O) groups excluding carboxylic acids is 1. The molecule has 0 spiro atoms. The van der Waals surface area contributed by atoms with Gasteiger partial charge >= 0.3 is 6.03 Å². The number of nitrogens with zero attached hydrogens (tertiary/aromatic N) is 3. The molecular weight excluding hydrogens is 438 g/mol. The molecule has 0 bridgehead atoms. The fourth-order valence-electron chi connectivity index (χ4n) is 4.48. The maximum atomic E-state index is 13.5. The zero-order valence-corrected chi connectivity index (χ0v) is 19.1. The first-order valence-corrected chi connectivity index (χ1v) is 11.3. The van der Waals surface area contributed by atoms with Crippen molar-refractivity contribution in [2.24, 2.45) is 0 Å². The number of benzene rings is 3. The average Bonchev–Trinajstić information content (AvgIpc) is 3.45. The molecule has 35 heavy (non-hydrogen) atoms. The van der Waals surface area contributed by atoms with Gasteiger partial charge in [-0.2, -0.15) is 5.10 Å². The van der Waals surface area contributed by atoms with Crippen molar-refractivity contribution in [3.63, 3.8) is 0 Å². The minimum Gasteiger partial charge on any atom is -0.382 e. The number of nitrogens with two attached hydrogens (primary N) is 1. The van der Waals surface area contributed by atoms with Crippen LogP contribution in [0.4, 0.5) is 16.3 Å². The van der Waals surface area contributed by atoms with Crippen LogP contribution in [0.15, 0.2) is 97.2 Å². The van der Waals surface area contributed by atoms with Crippen molar-refractivity contribution in [3.8, 4) is 16.9 Å². The molecule has 1 atom stereocenters. The number of fused-ring (bicyclic) bond motifs is 2. The van der Waals surface area contributed by atoms with Crippen molar-refractivity contribution in [2.45, 2.75) is 13.0 Å². The third kappa shape index (κ3) is 3.73.